The van der Waals surface area contributed by atoms with Crippen LogP contribution in [0.3, 0.4) is 0 Å². The number of nitrogens with one attached hydrogen (secondary N) is 1. The van der Waals surface area contributed by atoms with E-state index in [9.17, 15) is 0 Å². The maximum atomic E-state index is 3.76. The molecular formula is C15H23NS. The number of rotatable bonds is 7. The van der Waals surface area contributed by atoms with Gasteiger partial charge in [-0.15, -0.1) is 18.3 Å². The zero-order valence-corrected chi connectivity index (χ0v) is 11.9. The minimum Gasteiger partial charge on any atom is -0.382 e. The van der Waals surface area contributed by atoms with Crippen molar-refractivity contribution in [1.82, 2.24) is 0 Å². The maximum Gasteiger partial charge on any atom is 0.0480 e. The molecule has 0 bridgehead atoms. The molecule has 0 radical (unpaired) electrons. The van der Waals surface area contributed by atoms with Crippen molar-refractivity contribution >= 4 is 17.4 Å². The molecule has 0 fully saturated rings. The quantitative estimate of drug-likeness (QED) is 0.549. The third-order valence-corrected chi connectivity index (χ3v) is 3.54. The van der Waals surface area contributed by atoms with Crippen LogP contribution in [0.25, 0.3) is 0 Å². The normalized spacial score (nSPS) is 12.5. The van der Waals surface area contributed by atoms with Crippen LogP contribution in [0.1, 0.15) is 27.2 Å². The van der Waals surface area contributed by atoms with Gasteiger partial charge in [-0.1, -0.05) is 32.1 Å². The molecule has 1 unspecified atom stereocenters. The first-order chi connectivity index (χ1) is 8.13. The number of benzene rings is 1. The van der Waals surface area contributed by atoms with Crippen LogP contribution in [-0.4, -0.2) is 11.8 Å². The van der Waals surface area contributed by atoms with Crippen molar-refractivity contribution in [2.24, 2.45) is 5.92 Å². The van der Waals surface area contributed by atoms with E-state index in [0.717, 1.165) is 11.7 Å². The molecular weight excluding hydrogens is 226 g/mol. The molecule has 0 amide bonds. The summed E-state index contributed by atoms with van der Waals surface area (Å²) in [5, 5.41) is 3.60. The van der Waals surface area contributed by atoms with E-state index in [4.69, 9.17) is 0 Å². The zero-order valence-electron chi connectivity index (χ0n) is 11.1. The second kappa shape index (κ2) is 7.44. The fourth-order valence-electron chi connectivity index (χ4n) is 1.89. The Morgan fingerprint density at radius 2 is 2.00 bits per heavy atom. The standard InChI is InChI=1S/C15H23NS/c1-5-10-17-15-9-7-6-8-14(15)16-13(4)11-12(2)3/h5-9,12-13,16H,1,10-11H2,2-4H3. The first-order valence-electron chi connectivity index (χ1n) is 6.22. The summed E-state index contributed by atoms with van der Waals surface area (Å²) in [4.78, 5) is 1.31. The minimum absolute atomic E-state index is 0.514. The van der Waals surface area contributed by atoms with E-state index in [1.54, 1.807) is 0 Å². The fraction of sp³-hybridized carbons (Fsp3) is 0.467. The van der Waals surface area contributed by atoms with Gasteiger partial charge >= 0.3 is 0 Å². The Morgan fingerprint density at radius 3 is 2.65 bits per heavy atom. The van der Waals surface area contributed by atoms with Gasteiger partial charge in [0.1, 0.15) is 0 Å². The number of thioether (sulfide) groups is 1. The summed E-state index contributed by atoms with van der Waals surface area (Å²) in [5.74, 6) is 1.68. The largest absolute Gasteiger partial charge is 0.382 e. The van der Waals surface area contributed by atoms with Gasteiger partial charge in [-0.3, -0.25) is 0 Å². The summed E-state index contributed by atoms with van der Waals surface area (Å²) in [7, 11) is 0. The average Bonchev–Trinajstić information content (AvgIpc) is 2.26. The van der Waals surface area contributed by atoms with Crippen LogP contribution in [0.2, 0.25) is 0 Å². The third kappa shape index (κ3) is 5.31. The van der Waals surface area contributed by atoms with Crippen LogP contribution in [0.5, 0.6) is 0 Å². The molecule has 1 aromatic carbocycles. The van der Waals surface area contributed by atoms with Crippen LogP contribution in [0.15, 0.2) is 41.8 Å². The van der Waals surface area contributed by atoms with E-state index in [-0.39, 0.29) is 0 Å². The summed E-state index contributed by atoms with van der Waals surface area (Å²) < 4.78 is 0. The van der Waals surface area contributed by atoms with Crippen LogP contribution in [-0.2, 0) is 0 Å². The van der Waals surface area contributed by atoms with Crippen molar-refractivity contribution in [3.63, 3.8) is 0 Å². The summed E-state index contributed by atoms with van der Waals surface area (Å²) in [6.07, 6.45) is 3.14. The molecule has 0 aliphatic carbocycles. The number of hydrogen-bond acceptors (Lipinski definition) is 2. The van der Waals surface area contributed by atoms with Gasteiger partial charge < -0.3 is 5.32 Å². The average molecular weight is 249 g/mol. The molecule has 0 saturated carbocycles. The molecule has 0 saturated heterocycles. The molecule has 94 valence electrons. The molecule has 0 aromatic heterocycles. The topological polar surface area (TPSA) is 12.0 Å². The van der Waals surface area contributed by atoms with Crippen LogP contribution < -0.4 is 5.32 Å². The molecule has 2 heteroatoms. The van der Waals surface area contributed by atoms with Gasteiger partial charge in [0.25, 0.3) is 0 Å². The van der Waals surface area contributed by atoms with E-state index >= 15 is 0 Å². The zero-order chi connectivity index (χ0) is 12.7. The Morgan fingerprint density at radius 1 is 1.29 bits per heavy atom. The lowest BCUT2D eigenvalue weighted by molar-refractivity contribution is 0.539. The van der Waals surface area contributed by atoms with E-state index in [1.165, 1.54) is 17.0 Å². The third-order valence-electron chi connectivity index (χ3n) is 2.47. The minimum atomic E-state index is 0.514. The van der Waals surface area contributed by atoms with Gasteiger partial charge in [-0.05, 0) is 31.4 Å². The fourth-order valence-corrected chi connectivity index (χ4v) is 2.65. The summed E-state index contributed by atoms with van der Waals surface area (Å²) in [6, 6.07) is 9.01. The van der Waals surface area contributed by atoms with E-state index in [0.29, 0.717) is 6.04 Å². The second-order valence-electron chi connectivity index (χ2n) is 4.77. The Balaban J connectivity index is 2.65. The van der Waals surface area contributed by atoms with Crippen LogP contribution in [0, 0.1) is 5.92 Å². The molecule has 1 nitrogen and oxygen atoms in total. The smallest absolute Gasteiger partial charge is 0.0480 e. The monoisotopic (exact) mass is 249 g/mol. The van der Waals surface area contributed by atoms with Gasteiger partial charge in [0.2, 0.25) is 0 Å². The first-order valence-corrected chi connectivity index (χ1v) is 7.21. The molecule has 0 aliphatic rings. The Labute approximate surface area is 110 Å². The first kappa shape index (κ1) is 14.2. The second-order valence-corrected chi connectivity index (χ2v) is 5.83. The van der Waals surface area contributed by atoms with Gasteiger partial charge in [-0.25, -0.2) is 0 Å². The lowest BCUT2D eigenvalue weighted by atomic mass is 10.1. The van der Waals surface area contributed by atoms with Crippen molar-refractivity contribution < 1.29 is 0 Å². The molecule has 1 aromatic rings. The summed E-state index contributed by atoms with van der Waals surface area (Å²) >= 11 is 1.83. The van der Waals surface area contributed by atoms with E-state index < -0.39 is 0 Å². The van der Waals surface area contributed by atoms with E-state index in [1.807, 2.05) is 17.8 Å². The Bertz CT molecular complexity index is 347. The Hall–Kier alpha value is -0.890. The van der Waals surface area contributed by atoms with Gasteiger partial charge in [0.05, 0.1) is 0 Å². The van der Waals surface area contributed by atoms with Crippen molar-refractivity contribution in [2.75, 3.05) is 11.1 Å². The molecule has 0 heterocycles. The van der Waals surface area contributed by atoms with Crippen LogP contribution in [0.4, 0.5) is 5.69 Å². The number of anilines is 1. The number of hydrogen-bond donors (Lipinski definition) is 1. The van der Waals surface area contributed by atoms with Crippen molar-refractivity contribution in [2.45, 2.75) is 38.1 Å². The van der Waals surface area contributed by atoms with Crippen LogP contribution >= 0.6 is 11.8 Å². The van der Waals surface area contributed by atoms with E-state index in [2.05, 4.69) is 56.9 Å². The lowest BCUT2D eigenvalue weighted by Gasteiger charge is -2.19. The van der Waals surface area contributed by atoms with Crippen molar-refractivity contribution in [3.8, 4) is 0 Å². The predicted octanol–water partition coefficient (Wildman–Crippen LogP) is 4.81. The molecule has 1 atom stereocenters. The number of para-hydroxylation sites is 1. The molecule has 0 aliphatic heterocycles. The van der Waals surface area contributed by atoms with Gasteiger partial charge in [-0.2, -0.15) is 0 Å². The summed E-state index contributed by atoms with van der Waals surface area (Å²) in [5.41, 5.74) is 1.24. The SMILES string of the molecule is C=CCSc1ccccc1NC(C)CC(C)C. The highest BCUT2D eigenvalue weighted by molar-refractivity contribution is 7.99. The van der Waals surface area contributed by atoms with Crippen molar-refractivity contribution in [3.05, 3.63) is 36.9 Å². The Kier molecular flexibility index (Phi) is 6.20. The lowest BCUT2D eigenvalue weighted by Crippen LogP contribution is -2.17. The molecule has 0 spiro atoms. The highest BCUT2D eigenvalue weighted by Crippen LogP contribution is 2.28. The highest BCUT2D eigenvalue weighted by Gasteiger charge is 2.07. The maximum absolute atomic E-state index is 3.76. The van der Waals surface area contributed by atoms with Gasteiger partial charge in [0.15, 0.2) is 0 Å². The summed E-state index contributed by atoms with van der Waals surface area (Å²) in [6.45, 7) is 10.5. The highest BCUT2D eigenvalue weighted by atomic mass is 32.2. The van der Waals surface area contributed by atoms with Gasteiger partial charge in [0, 0.05) is 22.4 Å². The predicted molar refractivity (Wildman–Crippen MR) is 79.9 cm³/mol. The molecule has 17 heavy (non-hydrogen) atoms. The molecule has 1 rings (SSSR count). The van der Waals surface area contributed by atoms with Crippen molar-refractivity contribution in [1.29, 1.82) is 0 Å². The molecule has 1 N–H and O–H groups in total.